The quantitative estimate of drug-likeness (QED) is 0.578. The van der Waals surface area contributed by atoms with Crippen molar-refractivity contribution in [2.75, 3.05) is 17.1 Å². The lowest BCUT2D eigenvalue weighted by atomic mass is 10.1. The number of benzene rings is 2. The Morgan fingerprint density at radius 3 is 2.47 bits per heavy atom. The number of rotatable bonds is 10. The van der Waals surface area contributed by atoms with E-state index in [9.17, 15) is 17.6 Å². The van der Waals surface area contributed by atoms with Crippen LogP contribution < -0.4 is 14.4 Å². The van der Waals surface area contributed by atoms with Crippen LogP contribution in [-0.2, 0) is 21.2 Å². The maximum Gasteiger partial charge on any atom is 0.243 e. The summed E-state index contributed by atoms with van der Waals surface area (Å²) < 4.78 is 44.6. The van der Waals surface area contributed by atoms with Crippen LogP contribution in [0.4, 0.5) is 10.1 Å². The van der Waals surface area contributed by atoms with E-state index in [-0.39, 0.29) is 11.8 Å². The first-order valence-electron chi connectivity index (χ1n) is 9.86. The van der Waals surface area contributed by atoms with E-state index in [4.69, 9.17) is 4.74 Å². The van der Waals surface area contributed by atoms with Crippen molar-refractivity contribution in [1.82, 2.24) is 5.32 Å². The number of aryl methyl sites for hydroxylation is 1. The zero-order valence-electron chi connectivity index (χ0n) is 17.8. The largest absolute Gasteiger partial charge is 0.491 e. The Labute approximate surface area is 178 Å². The molecular formula is C22H29FN2O4S. The lowest BCUT2D eigenvalue weighted by Gasteiger charge is -2.28. The fourth-order valence-electron chi connectivity index (χ4n) is 3.12. The van der Waals surface area contributed by atoms with E-state index in [1.54, 1.807) is 0 Å². The molecule has 0 aliphatic rings. The molecule has 2 aromatic rings. The Kier molecular flexibility index (Phi) is 8.23. The molecule has 0 aliphatic carbocycles. The molecule has 0 aromatic heterocycles. The monoisotopic (exact) mass is 436 g/mol. The summed E-state index contributed by atoms with van der Waals surface area (Å²) in [5.74, 6) is -0.210. The van der Waals surface area contributed by atoms with Crippen LogP contribution in [0, 0.1) is 5.82 Å². The summed E-state index contributed by atoms with van der Waals surface area (Å²) in [5.41, 5.74) is 1.20. The van der Waals surface area contributed by atoms with Crippen molar-refractivity contribution in [3.05, 3.63) is 59.9 Å². The molecule has 0 spiro atoms. The molecule has 2 rings (SSSR count). The number of nitrogens with zero attached hydrogens (tertiary/aromatic N) is 1. The maximum atomic E-state index is 13.6. The first-order chi connectivity index (χ1) is 14.1. The van der Waals surface area contributed by atoms with Crippen LogP contribution in [0.25, 0.3) is 0 Å². The third-order valence-electron chi connectivity index (χ3n) is 4.36. The number of ether oxygens (including phenoxy) is 1. The summed E-state index contributed by atoms with van der Waals surface area (Å²) in [6.07, 6.45) is 2.51. The molecule has 8 heteroatoms. The first-order valence-corrected chi connectivity index (χ1v) is 11.7. The van der Waals surface area contributed by atoms with Gasteiger partial charge in [-0.25, -0.2) is 12.8 Å². The van der Waals surface area contributed by atoms with Crippen LogP contribution >= 0.6 is 0 Å². The Morgan fingerprint density at radius 2 is 1.83 bits per heavy atom. The van der Waals surface area contributed by atoms with Gasteiger partial charge in [0.25, 0.3) is 0 Å². The van der Waals surface area contributed by atoms with Gasteiger partial charge in [-0.3, -0.25) is 9.10 Å². The van der Waals surface area contributed by atoms with Crippen LogP contribution in [0.2, 0.25) is 0 Å². The lowest BCUT2D eigenvalue weighted by molar-refractivity contribution is -0.121. The molecule has 164 valence electrons. The number of halogens is 1. The van der Waals surface area contributed by atoms with Gasteiger partial charge in [-0.1, -0.05) is 18.2 Å². The number of anilines is 1. The zero-order chi connectivity index (χ0) is 22.3. The van der Waals surface area contributed by atoms with Gasteiger partial charge in [0.2, 0.25) is 15.9 Å². The second-order valence-electron chi connectivity index (χ2n) is 7.42. The van der Waals surface area contributed by atoms with Crippen molar-refractivity contribution in [3.63, 3.8) is 0 Å². The Hall–Kier alpha value is -2.61. The smallest absolute Gasteiger partial charge is 0.243 e. The number of carbonyl (C=O) groups excluding carboxylic acids is 1. The molecule has 0 saturated heterocycles. The fourth-order valence-corrected chi connectivity index (χ4v) is 4.29. The van der Waals surface area contributed by atoms with Crippen molar-refractivity contribution >= 4 is 21.6 Å². The molecule has 1 amide bonds. The highest BCUT2D eigenvalue weighted by atomic mass is 32.2. The number of sulfonamides is 1. The van der Waals surface area contributed by atoms with E-state index in [1.165, 1.54) is 25.1 Å². The minimum atomic E-state index is -3.78. The van der Waals surface area contributed by atoms with Crippen LogP contribution in [0.5, 0.6) is 5.75 Å². The van der Waals surface area contributed by atoms with E-state index >= 15 is 0 Å². The molecule has 2 aromatic carbocycles. The van der Waals surface area contributed by atoms with Crippen molar-refractivity contribution in [2.24, 2.45) is 0 Å². The highest BCUT2D eigenvalue weighted by Crippen LogP contribution is 2.21. The summed E-state index contributed by atoms with van der Waals surface area (Å²) in [5, 5.41) is 2.77. The summed E-state index contributed by atoms with van der Waals surface area (Å²) >= 11 is 0. The molecule has 0 saturated carbocycles. The third kappa shape index (κ3) is 7.02. The molecule has 0 radical (unpaired) electrons. The van der Waals surface area contributed by atoms with Crippen molar-refractivity contribution in [3.8, 4) is 5.75 Å². The summed E-state index contributed by atoms with van der Waals surface area (Å²) in [6.45, 7) is 5.80. The van der Waals surface area contributed by atoms with Gasteiger partial charge in [0.05, 0.1) is 18.0 Å². The normalized spacial score (nSPS) is 12.5. The molecule has 6 nitrogen and oxygen atoms in total. The highest BCUT2D eigenvalue weighted by Gasteiger charge is 2.29. The molecule has 1 atom stereocenters. The van der Waals surface area contributed by atoms with Crippen LogP contribution in [0.1, 0.15) is 32.8 Å². The second kappa shape index (κ2) is 10.4. The molecule has 0 heterocycles. The van der Waals surface area contributed by atoms with Crippen LogP contribution in [-0.4, -0.2) is 39.3 Å². The number of nitrogens with one attached hydrogen (secondary N) is 1. The van der Waals surface area contributed by atoms with E-state index in [0.29, 0.717) is 13.0 Å². The van der Waals surface area contributed by atoms with Crippen molar-refractivity contribution in [1.29, 1.82) is 0 Å². The standard InChI is InChI=1S/C22H29FN2O4S/c1-16(2)29-21-12-5-8-18(14-21)9-7-13-24-22(26)17(3)25(30(4,27)28)20-11-6-10-19(23)15-20/h5-6,8,10-12,14-17H,7,9,13H2,1-4H3,(H,24,26). The van der Waals surface area contributed by atoms with Gasteiger partial charge in [0, 0.05) is 6.54 Å². The molecule has 30 heavy (non-hydrogen) atoms. The number of hydrogen-bond donors (Lipinski definition) is 1. The van der Waals surface area contributed by atoms with Gasteiger partial charge in [-0.15, -0.1) is 0 Å². The Balaban J connectivity index is 1.95. The zero-order valence-corrected chi connectivity index (χ0v) is 18.6. The van der Waals surface area contributed by atoms with Crippen LogP contribution in [0.15, 0.2) is 48.5 Å². The minimum Gasteiger partial charge on any atom is -0.491 e. The predicted molar refractivity (Wildman–Crippen MR) is 117 cm³/mol. The summed E-state index contributed by atoms with van der Waals surface area (Å²) in [6, 6.07) is 12.0. The van der Waals surface area contributed by atoms with E-state index in [1.807, 2.05) is 38.1 Å². The van der Waals surface area contributed by atoms with Gasteiger partial charge in [0.1, 0.15) is 17.6 Å². The number of amides is 1. The minimum absolute atomic E-state index is 0.0944. The average Bonchev–Trinajstić information content (AvgIpc) is 2.64. The first kappa shape index (κ1) is 23.7. The van der Waals surface area contributed by atoms with Crippen molar-refractivity contribution < 1.29 is 22.3 Å². The molecule has 1 unspecified atom stereocenters. The van der Waals surface area contributed by atoms with E-state index in [2.05, 4.69) is 5.32 Å². The Morgan fingerprint density at radius 1 is 1.13 bits per heavy atom. The Bertz CT molecular complexity index is 963. The van der Waals surface area contributed by atoms with E-state index in [0.717, 1.165) is 34.4 Å². The number of carbonyl (C=O) groups is 1. The topological polar surface area (TPSA) is 75.7 Å². The van der Waals surface area contributed by atoms with Gasteiger partial charge in [0.15, 0.2) is 0 Å². The fraction of sp³-hybridized carbons (Fsp3) is 0.409. The highest BCUT2D eigenvalue weighted by molar-refractivity contribution is 7.92. The predicted octanol–water partition coefficient (Wildman–Crippen LogP) is 3.52. The maximum absolute atomic E-state index is 13.6. The van der Waals surface area contributed by atoms with Gasteiger partial charge < -0.3 is 10.1 Å². The molecular weight excluding hydrogens is 407 g/mol. The van der Waals surface area contributed by atoms with Gasteiger partial charge >= 0.3 is 0 Å². The van der Waals surface area contributed by atoms with Crippen LogP contribution in [0.3, 0.4) is 0 Å². The average molecular weight is 437 g/mol. The third-order valence-corrected chi connectivity index (χ3v) is 5.60. The molecule has 0 bridgehead atoms. The molecule has 0 aliphatic heterocycles. The lowest BCUT2D eigenvalue weighted by Crippen LogP contribution is -2.48. The second-order valence-corrected chi connectivity index (χ2v) is 9.28. The SMILES string of the molecule is CC(C)Oc1cccc(CCCNC(=O)C(C)N(c2cccc(F)c2)S(C)(=O)=O)c1. The van der Waals surface area contributed by atoms with Gasteiger partial charge in [-0.05, 0) is 69.5 Å². The molecule has 0 fully saturated rings. The molecule has 1 N–H and O–H groups in total. The van der Waals surface area contributed by atoms with Crippen molar-refractivity contribution in [2.45, 2.75) is 45.8 Å². The summed E-state index contributed by atoms with van der Waals surface area (Å²) in [4.78, 5) is 12.5. The van der Waals surface area contributed by atoms with Gasteiger partial charge in [-0.2, -0.15) is 0 Å². The summed E-state index contributed by atoms with van der Waals surface area (Å²) in [7, 11) is -3.78. The number of hydrogen-bond acceptors (Lipinski definition) is 4. The van der Waals surface area contributed by atoms with E-state index < -0.39 is 27.8 Å².